The van der Waals surface area contributed by atoms with Crippen LogP contribution >= 0.6 is 11.8 Å². The van der Waals surface area contributed by atoms with E-state index in [1.165, 1.54) is 17.3 Å². The molecule has 2 aliphatic heterocycles. The van der Waals surface area contributed by atoms with E-state index in [2.05, 4.69) is 17.1 Å². The summed E-state index contributed by atoms with van der Waals surface area (Å²) in [4.78, 5) is 18.8. The molecule has 158 valence electrons. The van der Waals surface area contributed by atoms with Gasteiger partial charge in [0.05, 0.1) is 24.7 Å². The zero-order valence-electron chi connectivity index (χ0n) is 16.7. The van der Waals surface area contributed by atoms with Gasteiger partial charge in [-0.25, -0.2) is 8.42 Å². The number of carbonyl (C=O) groups excluding carboxylic acids is 1. The van der Waals surface area contributed by atoms with Gasteiger partial charge in [-0.3, -0.25) is 4.79 Å². The van der Waals surface area contributed by atoms with E-state index in [-0.39, 0.29) is 28.7 Å². The number of fused-ring (bicyclic) bond motifs is 1. The fourth-order valence-corrected chi connectivity index (χ4v) is 7.79. The van der Waals surface area contributed by atoms with Gasteiger partial charge in [-0.1, -0.05) is 42.1 Å². The summed E-state index contributed by atoms with van der Waals surface area (Å²) in [5.41, 5.74) is 2.02. The fraction of sp³-hybridized carbons (Fsp3) is 0.364. The van der Waals surface area contributed by atoms with Crippen molar-refractivity contribution in [2.75, 3.05) is 23.5 Å². The molecule has 8 heteroatoms. The average molecular weight is 445 g/mol. The van der Waals surface area contributed by atoms with Crippen molar-refractivity contribution in [3.05, 3.63) is 60.2 Å². The quantitative estimate of drug-likeness (QED) is 0.680. The van der Waals surface area contributed by atoms with Gasteiger partial charge in [0.2, 0.25) is 5.91 Å². The van der Waals surface area contributed by atoms with Crippen LogP contribution in [0.3, 0.4) is 0 Å². The van der Waals surface area contributed by atoms with Crippen molar-refractivity contribution in [1.82, 2.24) is 0 Å². The highest BCUT2D eigenvalue weighted by atomic mass is 32.2. The molecule has 2 atom stereocenters. The van der Waals surface area contributed by atoms with Crippen LogP contribution in [0.15, 0.2) is 59.6 Å². The van der Waals surface area contributed by atoms with Crippen molar-refractivity contribution in [3.63, 3.8) is 0 Å². The number of aryl methyl sites for hydroxylation is 1. The Morgan fingerprint density at radius 1 is 1.13 bits per heavy atom. The van der Waals surface area contributed by atoms with E-state index in [0.29, 0.717) is 11.6 Å². The number of methoxy groups -OCH3 is 1. The standard InChI is InChI=1S/C22H24N2O4S2/c1-28-18-12-10-17(11-13-18)24-19-14-30(26,27)15-20(19)29-22(24)23-21(25)9-5-8-16-6-3-2-4-7-16/h2-4,6-7,10-13,19-20H,5,8-9,14-15H2,1H3/t19-,20+/m1/s1. The zero-order chi connectivity index (χ0) is 21.1. The van der Waals surface area contributed by atoms with Gasteiger partial charge >= 0.3 is 0 Å². The van der Waals surface area contributed by atoms with E-state index in [0.717, 1.165) is 24.3 Å². The van der Waals surface area contributed by atoms with Crippen LogP contribution in [-0.4, -0.2) is 49.4 Å². The lowest BCUT2D eigenvalue weighted by Gasteiger charge is -2.24. The van der Waals surface area contributed by atoms with Gasteiger partial charge < -0.3 is 9.64 Å². The van der Waals surface area contributed by atoms with Gasteiger partial charge in [0.25, 0.3) is 0 Å². The number of thioether (sulfide) groups is 1. The maximum Gasteiger partial charge on any atom is 0.248 e. The molecule has 2 aromatic rings. The Balaban J connectivity index is 1.50. The number of nitrogens with zero attached hydrogens (tertiary/aromatic N) is 2. The lowest BCUT2D eigenvalue weighted by Crippen LogP contribution is -2.37. The molecule has 30 heavy (non-hydrogen) atoms. The van der Waals surface area contributed by atoms with Gasteiger partial charge in [0, 0.05) is 17.4 Å². The number of sulfone groups is 1. The van der Waals surface area contributed by atoms with Crippen LogP contribution in [0.2, 0.25) is 0 Å². The highest BCUT2D eigenvalue weighted by Crippen LogP contribution is 2.41. The molecule has 0 radical (unpaired) electrons. The van der Waals surface area contributed by atoms with Crippen molar-refractivity contribution in [2.45, 2.75) is 30.6 Å². The SMILES string of the molecule is COc1ccc(N2C(=NC(=O)CCCc3ccccc3)S[C@H]3CS(=O)(=O)C[C@H]32)cc1. The van der Waals surface area contributed by atoms with Gasteiger partial charge in [-0.05, 0) is 42.7 Å². The Labute approximate surface area is 181 Å². The largest absolute Gasteiger partial charge is 0.497 e. The normalized spacial score (nSPS) is 23.5. The van der Waals surface area contributed by atoms with Crippen molar-refractivity contribution in [3.8, 4) is 5.75 Å². The Bertz CT molecular complexity index is 1040. The second kappa shape index (κ2) is 8.81. The summed E-state index contributed by atoms with van der Waals surface area (Å²) in [6.45, 7) is 0. The lowest BCUT2D eigenvalue weighted by molar-refractivity contribution is -0.117. The minimum atomic E-state index is -3.08. The summed E-state index contributed by atoms with van der Waals surface area (Å²) >= 11 is 1.40. The Hall–Kier alpha value is -2.32. The van der Waals surface area contributed by atoms with E-state index in [9.17, 15) is 13.2 Å². The number of anilines is 1. The van der Waals surface area contributed by atoms with Crippen LogP contribution in [0.1, 0.15) is 18.4 Å². The number of aliphatic imine (C=N–C) groups is 1. The van der Waals surface area contributed by atoms with Crippen LogP contribution in [0.4, 0.5) is 5.69 Å². The third-order valence-corrected chi connectivity index (χ3v) is 8.55. The maximum absolute atomic E-state index is 12.5. The second-order valence-electron chi connectivity index (χ2n) is 7.50. The highest BCUT2D eigenvalue weighted by Gasteiger charge is 2.49. The maximum atomic E-state index is 12.5. The predicted molar refractivity (Wildman–Crippen MR) is 121 cm³/mol. The van der Waals surface area contributed by atoms with Crippen LogP contribution in [0.5, 0.6) is 5.75 Å². The minimum Gasteiger partial charge on any atom is -0.497 e. The third-order valence-electron chi connectivity index (χ3n) is 5.34. The molecular formula is C22H24N2O4S2. The molecule has 0 aliphatic carbocycles. The molecule has 0 unspecified atom stereocenters. The summed E-state index contributed by atoms with van der Waals surface area (Å²) in [6, 6.07) is 17.3. The number of carbonyl (C=O) groups is 1. The molecule has 2 aromatic carbocycles. The summed E-state index contributed by atoms with van der Waals surface area (Å²) in [6.07, 6.45) is 1.92. The third kappa shape index (κ3) is 4.70. The molecule has 1 amide bonds. The van der Waals surface area contributed by atoms with E-state index < -0.39 is 9.84 Å². The molecule has 0 aromatic heterocycles. The highest BCUT2D eigenvalue weighted by molar-refractivity contribution is 8.16. The summed E-state index contributed by atoms with van der Waals surface area (Å²) in [5, 5.41) is 0.489. The van der Waals surface area contributed by atoms with Crippen LogP contribution in [0.25, 0.3) is 0 Å². The summed E-state index contributed by atoms with van der Waals surface area (Å²) in [7, 11) is -1.48. The van der Waals surface area contributed by atoms with E-state index >= 15 is 0 Å². The zero-order valence-corrected chi connectivity index (χ0v) is 18.4. The Kier molecular flexibility index (Phi) is 6.15. The lowest BCUT2D eigenvalue weighted by atomic mass is 10.1. The van der Waals surface area contributed by atoms with Crippen LogP contribution in [-0.2, 0) is 21.1 Å². The molecule has 2 fully saturated rings. The number of amides is 1. The molecule has 0 saturated carbocycles. The van der Waals surface area contributed by atoms with E-state index in [1.807, 2.05) is 47.4 Å². The Morgan fingerprint density at radius 3 is 2.57 bits per heavy atom. The first-order chi connectivity index (χ1) is 14.4. The molecule has 0 bridgehead atoms. The molecule has 0 N–H and O–H groups in total. The van der Waals surface area contributed by atoms with Gasteiger partial charge in [-0.15, -0.1) is 0 Å². The number of ether oxygens (including phenoxy) is 1. The number of hydrogen-bond acceptors (Lipinski definition) is 5. The molecular weight excluding hydrogens is 420 g/mol. The van der Waals surface area contributed by atoms with Crippen molar-refractivity contribution in [2.24, 2.45) is 4.99 Å². The van der Waals surface area contributed by atoms with Crippen LogP contribution in [0, 0.1) is 0 Å². The smallest absolute Gasteiger partial charge is 0.248 e. The van der Waals surface area contributed by atoms with Gasteiger partial charge in [0.1, 0.15) is 5.75 Å². The van der Waals surface area contributed by atoms with Crippen molar-refractivity contribution < 1.29 is 17.9 Å². The number of rotatable bonds is 6. The second-order valence-corrected chi connectivity index (χ2v) is 10.9. The summed E-state index contributed by atoms with van der Waals surface area (Å²) in [5.74, 6) is 0.750. The number of hydrogen-bond donors (Lipinski definition) is 0. The molecule has 2 aliphatic rings. The summed E-state index contributed by atoms with van der Waals surface area (Å²) < 4.78 is 29.5. The van der Waals surface area contributed by atoms with E-state index in [1.54, 1.807) is 7.11 Å². The topological polar surface area (TPSA) is 76.0 Å². The monoisotopic (exact) mass is 444 g/mol. The Morgan fingerprint density at radius 2 is 1.87 bits per heavy atom. The predicted octanol–water partition coefficient (Wildman–Crippen LogP) is 3.32. The molecule has 4 rings (SSSR count). The van der Waals surface area contributed by atoms with Crippen molar-refractivity contribution >= 4 is 38.4 Å². The number of benzene rings is 2. The molecule has 6 nitrogen and oxygen atoms in total. The first-order valence-corrected chi connectivity index (χ1v) is 12.6. The number of amidine groups is 1. The molecule has 2 saturated heterocycles. The van der Waals surface area contributed by atoms with Crippen molar-refractivity contribution in [1.29, 1.82) is 0 Å². The van der Waals surface area contributed by atoms with Gasteiger partial charge in [-0.2, -0.15) is 4.99 Å². The average Bonchev–Trinajstić information content (AvgIpc) is 3.19. The molecule has 0 spiro atoms. The first-order valence-electron chi connectivity index (χ1n) is 9.91. The minimum absolute atomic E-state index is 0.0813. The fourth-order valence-electron chi connectivity index (χ4n) is 3.86. The van der Waals surface area contributed by atoms with E-state index in [4.69, 9.17) is 4.74 Å². The molecule has 2 heterocycles. The van der Waals surface area contributed by atoms with Gasteiger partial charge in [0.15, 0.2) is 15.0 Å². The van der Waals surface area contributed by atoms with Crippen LogP contribution < -0.4 is 9.64 Å². The first kappa shape index (κ1) is 20.9.